The number of ether oxygens (including phenoxy) is 1. The molecule has 1 aliphatic heterocycles. The summed E-state index contributed by atoms with van der Waals surface area (Å²) < 4.78 is 5.36. The highest BCUT2D eigenvalue weighted by atomic mass is 35.5. The van der Waals surface area contributed by atoms with Crippen molar-refractivity contribution in [2.75, 3.05) is 20.2 Å². The molecule has 0 saturated carbocycles. The summed E-state index contributed by atoms with van der Waals surface area (Å²) >= 11 is 6.30. The highest BCUT2D eigenvalue weighted by molar-refractivity contribution is 6.35. The Morgan fingerprint density at radius 3 is 2.70 bits per heavy atom. The molecule has 2 heterocycles. The average molecular weight is 336 g/mol. The first-order valence-corrected chi connectivity index (χ1v) is 8.60. The van der Waals surface area contributed by atoms with Gasteiger partial charge in [-0.2, -0.15) is 0 Å². The summed E-state index contributed by atoms with van der Waals surface area (Å²) in [5, 5.41) is 1.02. The number of benzene rings is 1. The van der Waals surface area contributed by atoms with Crippen LogP contribution < -0.4 is 15.1 Å². The number of aromatic nitrogens is 1. The molecule has 0 atom stereocenters. The second kappa shape index (κ2) is 6.54. The van der Waals surface area contributed by atoms with Gasteiger partial charge in [-0.1, -0.05) is 18.5 Å². The molecule has 0 spiro atoms. The van der Waals surface area contributed by atoms with Crippen molar-refractivity contribution >= 4 is 22.5 Å². The fourth-order valence-electron chi connectivity index (χ4n) is 3.47. The number of hydrogen-bond acceptors (Lipinski definition) is 2. The molecule has 4 nitrogen and oxygen atoms in total. The van der Waals surface area contributed by atoms with Gasteiger partial charge in [0.25, 0.3) is 0 Å². The highest BCUT2D eigenvalue weighted by Crippen LogP contribution is 2.28. The standard InChI is InChI=1S/C18H23ClN2O2/c1-11-6-8-21(9-7-11)10-13-12(2)20-17-15(23-3)5-4-14(19)16(17)18(13)22/h4-5,11H,6-10H2,1-3H3,(H,20,22)/p+1. The smallest absolute Gasteiger partial charge is 0.200 e. The van der Waals surface area contributed by atoms with E-state index in [2.05, 4.69) is 11.9 Å². The maximum absolute atomic E-state index is 13.0. The molecule has 2 N–H and O–H groups in total. The molecule has 23 heavy (non-hydrogen) atoms. The predicted octanol–water partition coefficient (Wildman–Crippen LogP) is 2.31. The van der Waals surface area contributed by atoms with Crippen LogP contribution >= 0.6 is 11.6 Å². The monoisotopic (exact) mass is 335 g/mol. The molecule has 1 fully saturated rings. The zero-order valence-corrected chi connectivity index (χ0v) is 14.7. The molecule has 3 rings (SSSR count). The van der Waals surface area contributed by atoms with E-state index in [-0.39, 0.29) is 5.43 Å². The minimum absolute atomic E-state index is 0.0336. The summed E-state index contributed by atoms with van der Waals surface area (Å²) in [5.74, 6) is 1.45. The van der Waals surface area contributed by atoms with Crippen LogP contribution in [0.4, 0.5) is 0 Å². The maximum atomic E-state index is 13.0. The van der Waals surface area contributed by atoms with E-state index in [1.54, 1.807) is 19.2 Å². The van der Waals surface area contributed by atoms with Crippen molar-refractivity contribution in [3.63, 3.8) is 0 Å². The van der Waals surface area contributed by atoms with Crippen molar-refractivity contribution in [1.29, 1.82) is 0 Å². The van der Waals surface area contributed by atoms with E-state index < -0.39 is 0 Å². The van der Waals surface area contributed by atoms with Crippen LogP contribution in [0.25, 0.3) is 10.9 Å². The van der Waals surface area contributed by atoms with Gasteiger partial charge in [-0.05, 0) is 37.8 Å². The molecule has 1 saturated heterocycles. The van der Waals surface area contributed by atoms with Gasteiger partial charge in [-0.3, -0.25) is 4.79 Å². The molecular weight excluding hydrogens is 312 g/mol. The minimum atomic E-state index is 0.0336. The number of halogens is 1. The molecule has 0 bridgehead atoms. The number of rotatable bonds is 3. The maximum Gasteiger partial charge on any atom is 0.200 e. The number of quaternary nitrogens is 1. The van der Waals surface area contributed by atoms with Crippen LogP contribution in [0, 0.1) is 12.8 Å². The normalized spacial score (nSPS) is 21.6. The summed E-state index contributed by atoms with van der Waals surface area (Å²) in [6.45, 7) is 7.28. The fourth-order valence-corrected chi connectivity index (χ4v) is 3.71. The van der Waals surface area contributed by atoms with E-state index in [1.165, 1.54) is 17.7 Å². The molecule has 1 aromatic heterocycles. The molecule has 0 amide bonds. The molecular formula is C18H24ClN2O2+. The van der Waals surface area contributed by atoms with E-state index in [9.17, 15) is 4.79 Å². The molecule has 1 aromatic carbocycles. The third-order valence-electron chi connectivity index (χ3n) is 5.01. The third-order valence-corrected chi connectivity index (χ3v) is 5.33. The average Bonchev–Trinajstić information content (AvgIpc) is 2.53. The quantitative estimate of drug-likeness (QED) is 0.904. The van der Waals surface area contributed by atoms with Crippen molar-refractivity contribution in [3.05, 3.63) is 38.6 Å². The number of H-pyrrole nitrogens is 1. The second-order valence-corrected chi connectivity index (χ2v) is 7.07. The van der Waals surface area contributed by atoms with Gasteiger partial charge in [0, 0.05) is 5.69 Å². The highest BCUT2D eigenvalue weighted by Gasteiger charge is 2.23. The summed E-state index contributed by atoms with van der Waals surface area (Å²) in [6, 6.07) is 3.52. The van der Waals surface area contributed by atoms with Gasteiger partial charge in [0.2, 0.25) is 0 Å². The van der Waals surface area contributed by atoms with Gasteiger partial charge in [-0.25, -0.2) is 0 Å². The Morgan fingerprint density at radius 2 is 2.04 bits per heavy atom. The van der Waals surface area contributed by atoms with Crippen LogP contribution in [0.3, 0.4) is 0 Å². The molecule has 0 unspecified atom stereocenters. The number of fused-ring (bicyclic) bond motifs is 1. The zero-order valence-electron chi connectivity index (χ0n) is 14.0. The Balaban J connectivity index is 2.05. The molecule has 1 aliphatic rings. The van der Waals surface area contributed by atoms with Gasteiger partial charge < -0.3 is 14.6 Å². The van der Waals surface area contributed by atoms with Crippen LogP contribution in [0.15, 0.2) is 16.9 Å². The SMILES string of the molecule is COc1ccc(Cl)c2c(=O)c(C[NH+]3CCC(C)CC3)c(C)[nH]c12. The number of hydrogen-bond donors (Lipinski definition) is 2. The Morgan fingerprint density at radius 1 is 1.35 bits per heavy atom. The number of aromatic amines is 1. The predicted molar refractivity (Wildman–Crippen MR) is 93.7 cm³/mol. The van der Waals surface area contributed by atoms with Gasteiger partial charge in [0.05, 0.1) is 41.7 Å². The van der Waals surface area contributed by atoms with Crippen molar-refractivity contribution in [1.82, 2.24) is 4.98 Å². The van der Waals surface area contributed by atoms with Crippen molar-refractivity contribution in [2.45, 2.75) is 33.2 Å². The van der Waals surface area contributed by atoms with Crippen molar-refractivity contribution in [2.24, 2.45) is 5.92 Å². The van der Waals surface area contributed by atoms with E-state index >= 15 is 0 Å². The van der Waals surface area contributed by atoms with Gasteiger partial charge in [-0.15, -0.1) is 0 Å². The largest absolute Gasteiger partial charge is 0.495 e. The molecule has 124 valence electrons. The van der Waals surface area contributed by atoms with Crippen LogP contribution in [0.5, 0.6) is 5.75 Å². The van der Waals surface area contributed by atoms with Crippen LogP contribution in [0.2, 0.25) is 5.02 Å². The van der Waals surface area contributed by atoms with Crippen LogP contribution in [-0.2, 0) is 6.54 Å². The topological polar surface area (TPSA) is 46.5 Å². The first-order chi connectivity index (χ1) is 11.0. The lowest BCUT2D eigenvalue weighted by Crippen LogP contribution is -3.12. The number of methoxy groups -OCH3 is 1. The Labute approximate surface area is 141 Å². The lowest BCUT2D eigenvalue weighted by Gasteiger charge is -2.27. The van der Waals surface area contributed by atoms with Crippen LogP contribution in [0.1, 0.15) is 31.0 Å². The van der Waals surface area contributed by atoms with Crippen LogP contribution in [-0.4, -0.2) is 25.2 Å². The van der Waals surface area contributed by atoms with Crippen molar-refractivity contribution < 1.29 is 9.64 Å². The Kier molecular flexibility index (Phi) is 4.64. The summed E-state index contributed by atoms with van der Waals surface area (Å²) in [7, 11) is 1.60. The number of nitrogens with one attached hydrogen (secondary N) is 2. The van der Waals surface area contributed by atoms with E-state index in [0.717, 1.165) is 36.8 Å². The lowest BCUT2D eigenvalue weighted by atomic mass is 9.98. The fraction of sp³-hybridized carbons (Fsp3) is 0.500. The first-order valence-electron chi connectivity index (χ1n) is 8.22. The second-order valence-electron chi connectivity index (χ2n) is 6.67. The Hall–Kier alpha value is -1.52. The number of pyridine rings is 1. The van der Waals surface area contributed by atoms with Gasteiger partial charge in [0.15, 0.2) is 5.43 Å². The molecule has 5 heteroatoms. The lowest BCUT2D eigenvalue weighted by molar-refractivity contribution is -0.919. The number of piperidine rings is 1. The van der Waals surface area contributed by atoms with Gasteiger partial charge in [0.1, 0.15) is 12.3 Å². The summed E-state index contributed by atoms with van der Waals surface area (Å²) in [6.07, 6.45) is 2.46. The Bertz CT molecular complexity index is 777. The third kappa shape index (κ3) is 3.10. The van der Waals surface area contributed by atoms with E-state index in [4.69, 9.17) is 16.3 Å². The molecule has 2 aromatic rings. The summed E-state index contributed by atoms with van der Waals surface area (Å²) in [4.78, 5) is 17.8. The minimum Gasteiger partial charge on any atom is -0.495 e. The zero-order chi connectivity index (χ0) is 16.6. The van der Waals surface area contributed by atoms with Gasteiger partial charge >= 0.3 is 0 Å². The van der Waals surface area contributed by atoms with E-state index in [1.807, 2.05) is 6.92 Å². The number of aryl methyl sites for hydroxylation is 1. The van der Waals surface area contributed by atoms with Crippen molar-refractivity contribution in [3.8, 4) is 5.75 Å². The first kappa shape index (κ1) is 16.3. The van der Waals surface area contributed by atoms with E-state index in [0.29, 0.717) is 21.7 Å². The number of likely N-dealkylation sites (tertiary alicyclic amines) is 1. The summed E-state index contributed by atoms with van der Waals surface area (Å²) in [5.41, 5.74) is 2.48. The molecule has 0 radical (unpaired) electrons. The molecule has 0 aliphatic carbocycles.